The highest BCUT2D eigenvalue weighted by atomic mass is 16.5. The first-order chi connectivity index (χ1) is 9.92. The molecule has 1 aliphatic carbocycles. The topological polar surface area (TPSA) is 34.1 Å². The summed E-state index contributed by atoms with van der Waals surface area (Å²) in [5.74, 6) is 0.612. The standard InChI is InChI=1S/C17H26N2O/c1-2-4-6-16(5-3-1)19-17-13-20-12-15(17)11-14-7-9-18-10-8-14/h7-10,15-17,19H,1-6,11-13H2/t15-,17-/m1/s1. The first-order valence-corrected chi connectivity index (χ1v) is 8.14. The predicted molar refractivity (Wildman–Crippen MR) is 80.7 cm³/mol. The Morgan fingerprint density at radius 3 is 2.55 bits per heavy atom. The molecule has 1 saturated carbocycles. The molecule has 3 rings (SSSR count). The van der Waals surface area contributed by atoms with Gasteiger partial charge < -0.3 is 10.1 Å². The van der Waals surface area contributed by atoms with Crippen molar-refractivity contribution in [2.45, 2.75) is 57.0 Å². The van der Waals surface area contributed by atoms with E-state index in [4.69, 9.17) is 4.74 Å². The fraction of sp³-hybridized carbons (Fsp3) is 0.706. The second-order valence-corrected chi connectivity index (χ2v) is 6.32. The van der Waals surface area contributed by atoms with Gasteiger partial charge in [0.1, 0.15) is 0 Å². The molecule has 3 nitrogen and oxygen atoms in total. The molecule has 110 valence electrons. The zero-order chi connectivity index (χ0) is 13.6. The molecule has 2 heterocycles. The molecule has 20 heavy (non-hydrogen) atoms. The third-order valence-corrected chi connectivity index (χ3v) is 4.75. The molecule has 1 aromatic rings. The number of ether oxygens (including phenoxy) is 1. The minimum absolute atomic E-state index is 0.534. The van der Waals surface area contributed by atoms with Crippen LogP contribution in [0.3, 0.4) is 0 Å². The zero-order valence-corrected chi connectivity index (χ0v) is 12.3. The Balaban J connectivity index is 1.55. The van der Waals surface area contributed by atoms with E-state index in [1.807, 2.05) is 12.4 Å². The number of nitrogens with zero attached hydrogens (tertiary/aromatic N) is 1. The zero-order valence-electron chi connectivity index (χ0n) is 12.3. The van der Waals surface area contributed by atoms with Gasteiger partial charge in [0.25, 0.3) is 0 Å². The Hall–Kier alpha value is -0.930. The van der Waals surface area contributed by atoms with Gasteiger partial charge in [-0.25, -0.2) is 0 Å². The average Bonchev–Trinajstić information content (AvgIpc) is 2.74. The normalized spacial score (nSPS) is 28.4. The van der Waals surface area contributed by atoms with Gasteiger partial charge in [0.2, 0.25) is 0 Å². The van der Waals surface area contributed by atoms with Crippen molar-refractivity contribution in [3.63, 3.8) is 0 Å². The molecule has 1 aromatic heterocycles. The molecule has 0 amide bonds. The number of rotatable bonds is 4. The molecule has 0 radical (unpaired) electrons. The van der Waals surface area contributed by atoms with Crippen LogP contribution in [0.15, 0.2) is 24.5 Å². The van der Waals surface area contributed by atoms with Crippen LogP contribution in [0.1, 0.15) is 44.1 Å². The van der Waals surface area contributed by atoms with Crippen molar-refractivity contribution in [1.29, 1.82) is 0 Å². The summed E-state index contributed by atoms with van der Waals surface area (Å²) in [6, 6.07) is 5.50. The molecule has 2 fully saturated rings. The van der Waals surface area contributed by atoms with Crippen LogP contribution in [0.25, 0.3) is 0 Å². The Morgan fingerprint density at radius 1 is 1.05 bits per heavy atom. The highest BCUT2D eigenvalue weighted by Crippen LogP contribution is 2.23. The lowest BCUT2D eigenvalue weighted by atomic mass is 9.94. The van der Waals surface area contributed by atoms with Gasteiger partial charge >= 0.3 is 0 Å². The quantitative estimate of drug-likeness (QED) is 0.857. The lowest BCUT2D eigenvalue weighted by Crippen LogP contribution is -2.43. The van der Waals surface area contributed by atoms with Crippen LogP contribution in [0.2, 0.25) is 0 Å². The highest BCUT2D eigenvalue weighted by molar-refractivity contribution is 5.11. The highest BCUT2D eigenvalue weighted by Gasteiger charge is 2.30. The molecule has 2 atom stereocenters. The van der Waals surface area contributed by atoms with E-state index in [-0.39, 0.29) is 0 Å². The third kappa shape index (κ3) is 3.80. The largest absolute Gasteiger partial charge is 0.379 e. The molecular weight excluding hydrogens is 248 g/mol. The van der Waals surface area contributed by atoms with E-state index in [0.717, 1.165) is 19.6 Å². The van der Waals surface area contributed by atoms with E-state index in [1.54, 1.807) is 0 Å². The van der Waals surface area contributed by atoms with Crippen LogP contribution in [-0.4, -0.2) is 30.3 Å². The SMILES string of the molecule is c1cc(C[C@@H]2COC[C@H]2NC2CCCCCC2)ccn1. The Morgan fingerprint density at radius 2 is 1.80 bits per heavy atom. The second kappa shape index (κ2) is 7.19. The first-order valence-electron chi connectivity index (χ1n) is 8.14. The fourth-order valence-corrected chi connectivity index (χ4v) is 3.55. The van der Waals surface area contributed by atoms with E-state index in [0.29, 0.717) is 18.0 Å². The second-order valence-electron chi connectivity index (χ2n) is 6.32. The molecule has 0 unspecified atom stereocenters. The van der Waals surface area contributed by atoms with Crippen molar-refractivity contribution in [3.05, 3.63) is 30.1 Å². The third-order valence-electron chi connectivity index (χ3n) is 4.75. The van der Waals surface area contributed by atoms with Crippen molar-refractivity contribution in [1.82, 2.24) is 10.3 Å². The van der Waals surface area contributed by atoms with Crippen molar-refractivity contribution >= 4 is 0 Å². The van der Waals surface area contributed by atoms with Gasteiger partial charge in [0, 0.05) is 30.4 Å². The van der Waals surface area contributed by atoms with E-state index in [1.165, 1.54) is 44.1 Å². The van der Waals surface area contributed by atoms with Crippen LogP contribution >= 0.6 is 0 Å². The van der Waals surface area contributed by atoms with Crippen molar-refractivity contribution in [3.8, 4) is 0 Å². The van der Waals surface area contributed by atoms with Crippen LogP contribution < -0.4 is 5.32 Å². The van der Waals surface area contributed by atoms with Gasteiger partial charge in [0.15, 0.2) is 0 Å². The van der Waals surface area contributed by atoms with E-state index < -0.39 is 0 Å². The predicted octanol–water partition coefficient (Wildman–Crippen LogP) is 2.95. The van der Waals surface area contributed by atoms with Crippen LogP contribution in [0, 0.1) is 5.92 Å². The summed E-state index contributed by atoms with van der Waals surface area (Å²) >= 11 is 0. The lowest BCUT2D eigenvalue weighted by Gasteiger charge is -2.25. The van der Waals surface area contributed by atoms with Gasteiger partial charge in [-0.15, -0.1) is 0 Å². The summed E-state index contributed by atoms with van der Waals surface area (Å²) < 4.78 is 5.74. The number of nitrogens with one attached hydrogen (secondary N) is 1. The molecule has 0 spiro atoms. The molecule has 0 aromatic carbocycles. The maximum absolute atomic E-state index is 5.74. The monoisotopic (exact) mass is 274 g/mol. The van der Waals surface area contributed by atoms with E-state index in [2.05, 4.69) is 22.4 Å². The number of hydrogen-bond donors (Lipinski definition) is 1. The van der Waals surface area contributed by atoms with Gasteiger partial charge in [-0.2, -0.15) is 0 Å². The smallest absolute Gasteiger partial charge is 0.0623 e. The van der Waals surface area contributed by atoms with Crippen LogP contribution in [0.5, 0.6) is 0 Å². The minimum atomic E-state index is 0.534. The summed E-state index contributed by atoms with van der Waals surface area (Å²) in [4.78, 5) is 4.10. The summed E-state index contributed by atoms with van der Waals surface area (Å²) in [5.41, 5.74) is 1.38. The molecule has 3 heteroatoms. The van der Waals surface area contributed by atoms with Crippen molar-refractivity contribution in [2.24, 2.45) is 5.92 Å². The molecular formula is C17H26N2O. The maximum Gasteiger partial charge on any atom is 0.0623 e. The number of hydrogen-bond acceptors (Lipinski definition) is 3. The summed E-state index contributed by atoms with van der Waals surface area (Å²) in [6.45, 7) is 1.78. The molecule has 2 aliphatic rings. The Labute approximate surface area is 122 Å². The number of aromatic nitrogens is 1. The maximum atomic E-state index is 5.74. The minimum Gasteiger partial charge on any atom is -0.379 e. The van der Waals surface area contributed by atoms with Gasteiger partial charge in [0.05, 0.1) is 13.2 Å². The summed E-state index contributed by atoms with van der Waals surface area (Å²) in [7, 11) is 0. The van der Waals surface area contributed by atoms with Crippen molar-refractivity contribution < 1.29 is 4.74 Å². The van der Waals surface area contributed by atoms with Crippen LogP contribution in [-0.2, 0) is 11.2 Å². The number of pyridine rings is 1. The molecule has 1 aliphatic heterocycles. The van der Waals surface area contributed by atoms with E-state index >= 15 is 0 Å². The van der Waals surface area contributed by atoms with Crippen molar-refractivity contribution in [2.75, 3.05) is 13.2 Å². The van der Waals surface area contributed by atoms with Crippen LogP contribution in [0.4, 0.5) is 0 Å². The van der Waals surface area contributed by atoms with Gasteiger partial charge in [-0.05, 0) is 37.0 Å². The fourth-order valence-electron chi connectivity index (χ4n) is 3.55. The average molecular weight is 274 g/mol. The van der Waals surface area contributed by atoms with Gasteiger partial charge in [-0.1, -0.05) is 25.7 Å². The molecule has 0 bridgehead atoms. The lowest BCUT2D eigenvalue weighted by molar-refractivity contribution is 0.181. The molecule has 1 saturated heterocycles. The summed E-state index contributed by atoms with van der Waals surface area (Å²) in [6.07, 6.45) is 13.2. The first kappa shape index (κ1) is 14.0. The Kier molecular flexibility index (Phi) is 5.04. The summed E-state index contributed by atoms with van der Waals surface area (Å²) in [5, 5.41) is 3.89. The van der Waals surface area contributed by atoms with Gasteiger partial charge in [-0.3, -0.25) is 4.98 Å². The Bertz CT molecular complexity index is 387. The van der Waals surface area contributed by atoms with E-state index in [9.17, 15) is 0 Å². The molecule has 1 N–H and O–H groups in total.